The first-order valence-corrected chi connectivity index (χ1v) is 10.6. The van der Waals surface area contributed by atoms with E-state index in [-0.39, 0.29) is 24.3 Å². The Balaban J connectivity index is 1.25. The van der Waals surface area contributed by atoms with Gasteiger partial charge in [0.25, 0.3) is 5.91 Å². The fourth-order valence-electron chi connectivity index (χ4n) is 4.27. The topological polar surface area (TPSA) is 69.7 Å². The van der Waals surface area contributed by atoms with Gasteiger partial charge in [0.2, 0.25) is 11.8 Å². The molecule has 0 saturated carbocycles. The largest absolute Gasteiger partial charge is 0.343 e. The second-order valence-corrected chi connectivity index (χ2v) is 7.94. The van der Waals surface area contributed by atoms with Gasteiger partial charge in [0.05, 0.1) is 6.54 Å². The van der Waals surface area contributed by atoms with Crippen molar-refractivity contribution in [3.63, 3.8) is 0 Å². The zero-order valence-corrected chi connectivity index (χ0v) is 17.0. The maximum atomic E-state index is 12.5. The lowest BCUT2D eigenvalue weighted by Gasteiger charge is -2.32. The molecule has 2 heterocycles. The average Bonchev–Trinajstić information content (AvgIpc) is 3.24. The lowest BCUT2D eigenvalue weighted by molar-refractivity contribution is -0.131. The van der Waals surface area contributed by atoms with Crippen LogP contribution in [0.25, 0.3) is 0 Å². The molecule has 2 aromatic carbocycles. The molecule has 2 saturated heterocycles. The molecule has 4 rings (SSSR count). The Morgan fingerprint density at radius 3 is 2.27 bits per heavy atom. The monoisotopic (exact) mass is 405 g/mol. The highest BCUT2D eigenvalue weighted by atomic mass is 16.2. The SMILES string of the molecule is O=C(NCC(=O)N1CCC(c2ccccc2)CC1)c1ccc(N2CCCC2=O)cc1. The van der Waals surface area contributed by atoms with E-state index in [1.807, 2.05) is 11.0 Å². The Bertz CT molecular complexity index is 903. The highest BCUT2D eigenvalue weighted by Gasteiger charge is 2.24. The molecule has 2 aliphatic heterocycles. The van der Waals surface area contributed by atoms with E-state index in [0.29, 0.717) is 31.0 Å². The summed E-state index contributed by atoms with van der Waals surface area (Å²) in [4.78, 5) is 40.3. The predicted octanol–water partition coefficient (Wildman–Crippen LogP) is 2.95. The van der Waals surface area contributed by atoms with Gasteiger partial charge in [0.1, 0.15) is 0 Å². The van der Waals surface area contributed by atoms with E-state index >= 15 is 0 Å². The number of carbonyl (C=O) groups excluding carboxylic acids is 3. The molecule has 1 N–H and O–H groups in total. The Morgan fingerprint density at radius 1 is 0.933 bits per heavy atom. The Morgan fingerprint density at radius 2 is 1.63 bits per heavy atom. The summed E-state index contributed by atoms with van der Waals surface area (Å²) in [5.74, 6) is 0.288. The summed E-state index contributed by atoms with van der Waals surface area (Å²) in [7, 11) is 0. The van der Waals surface area contributed by atoms with Crippen molar-refractivity contribution in [2.75, 3.05) is 31.1 Å². The van der Waals surface area contributed by atoms with Gasteiger partial charge in [0, 0.05) is 37.3 Å². The number of benzene rings is 2. The van der Waals surface area contributed by atoms with Crippen molar-refractivity contribution in [3.8, 4) is 0 Å². The predicted molar refractivity (Wildman–Crippen MR) is 115 cm³/mol. The molecule has 6 nitrogen and oxygen atoms in total. The van der Waals surface area contributed by atoms with Crippen molar-refractivity contribution >= 4 is 23.4 Å². The third-order valence-corrected chi connectivity index (χ3v) is 6.03. The van der Waals surface area contributed by atoms with Crippen LogP contribution < -0.4 is 10.2 Å². The molecule has 0 atom stereocenters. The molecular formula is C24H27N3O3. The zero-order valence-electron chi connectivity index (χ0n) is 17.0. The van der Waals surface area contributed by atoms with Gasteiger partial charge in [-0.2, -0.15) is 0 Å². The highest BCUT2D eigenvalue weighted by molar-refractivity contribution is 5.98. The van der Waals surface area contributed by atoms with Gasteiger partial charge in [-0.25, -0.2) is 0 Å². The fraction of sp³-hybridized carbons (Fsp3) is 0.375. The number of hydrogen-bond acceptors (Lipinski definition) is 3. The minimum absolute atomic E-state index is 0.00119. The van der Waals surface area contributed by atoms with Gasteiger partial charge in [-0.05, 0) is 55.0 Å². The number of hydrogen-bond donors (Lipinski definition) is 1. The summed E-state index contributed by atoms with van der Waals surface area (Å²) in [6.07, 6.45) is 3.33. The summed E-state index contributed by atoms with van der Waals surface area (Å²) < 4.78 is 0. The summed E-state index contributed by atoms with van der Waals surface area (Å²) in [5, 5.41) is 2.73. The van der Waals surface area contributed by atoms with E-state index in [0.717, 1.165) is 31.5 Å². The molecule has 0 radical (unpaired) electrons. The van der Waals surface area contributed by atoms with Gasteiger partial charge < -0.3 is 15.1 Å². The maximum absolute atomic E-state index is 12.5. The number of nitrogens with one attached hydrogen (secondary N) is 1. The van der Waals surface area contributed by atoms with Crippen LogP contribution in [-0.4, -0.2) is 48.8 Å². The molecule has 0 spiro atoms. The first-order valence-electron chi connectivity index (χ1n) is 10.6. The number of carbonyl (C=O) groups is 3. The zero-order chi connectivity index (χ0) is 20.9. The summed E-state index contributed by atoms with van der Waals surface area (Å²) in [6.45, 7) is 2.15. The Kier molecular flexibility index (Phi) is 6.12. The number of amides is 3. The number of piperidine rings is 1. The second kappa shape index (κ2) is 9.11. The molecule has 0 aliphatic carbocycles. The van der Waals surface area contributed by atoms with Crippen LogP contribution in [-0.2, 0) is 9.59 Å². The van der Waals surface area contributed by atoms with Crippen LogP contribution in [0.5, 0.6) is 0 Å². The molecule has 0 unspecified atom stereocenters. The van der Waals surface area contributed by atoms with Gasteiger partial charge in [-0.15, -0.1) is 0 Å². The minimum Gasteiger partial charge on any atom is -0.343 e. The summed E-state index contributed by atoms with van der Waals surface area (Å²) >= 11 is 0. The van der Waals surface area contributed by atoms with Gasteiger partial charge in [-0.3, -0.25) is 14.4 Å². The summed E-state index contributed by atoms with van der Waals surface area (Å²) in [5.41, 5.74) is 2.63. The molecule has 2 aliphatic rings. The molecule has 6 heteroatoms. The average molecular weight is 405 g/mol. The van der Waals surface area contributed by atoms with E-state index in [9.17, 15) is 14.4 Å². The van der Waals surface area contributed by atoms with Crippen molar-refractivity contribution in [1.82, 2.24) is 10.2 Å². The molecule has 0 aromatic heterocycles. The molecular weight excluding hydrogens is 378 g/mol. The molecule has 30 heavy (non-hydrogen) atoms. The second-order valence-electron chi connectivity index (χ2n) is 7.94. The van der Waals surface area contributed by atoms with Crippen LogP contribution in [0.15, 0.2) is 54.6 Å². The molecule has 0 bridgehead atoms. The highest BCUT2D eigenvalue weighted by Crippen LogP contribution is 2.27. The first-order chi connectivity index (χ1) is 14.6. The van der Waals surface area contributed by atoms with Crippen molar-refractivity contribution in [1.29, 1.82) is 0 Å². The van der Waals surface area contributed by atoms with E-state index < -0.39 is 0 Å². The van der Waals surface area contributed by atoms with Gasteiger partial charge in [0.15, 0.2) is 0 Å². The van der Waals surface area contributed by atoms with Crippen LogP contribution >= 0.6 is 0 Å². The quantitative estimate of drug-likeness (QED) is 0.832. The van der Waals surface area contributed by atoms with E-state index in [1.165, 1.54) is 5.56 Å². The van der Waals surface area contributed by atoms with Crippen LogP contribution in [0.4, 0.5) is 5.69 Å². The van der Waals surface area contributed by atoms with E-state index in [4.69, 9.17) is 0 Å². The number of nitrogens with zero attached hydrogens (tertiary/aromatic N) is 2. The van der Waals surface area contributed by atoms with E-state index in [1.54, 1.807) is 29.2 Å². The molecule has 3 amide bonds. The van der Waals surface area contributed by atoms with Crippen molar-refractivity contribution in [2.45, 2.75) is 31.6 Å². The maximum Gasteiger partial charge on any atom is 0.251 e. The van der Waals surface area contributed by atoms with E-state index in [2.05, 4.69) is 29.6 Å². The Hall–Kier alpha value is -3.15. The molecule has 2 aromatic rings. The fourth-order valence-corrected chi connectivity index (χ4v) is 4.27. The van der Waals surface area contributed by atoms with Gasteiger partial charge in [-0.1, -0.05) is 30.3 Å². The third kappa shape index (κ3) is 4.53. The Labute approximate surface area is 176 Å². The van der Waals surface area contributed by atoms with Crippen LogP contribution in [0.3, 0.4) is 0 Å². The minimum atomic E-state index is -0.276. The smallest absolute Gasteiger partial charge is 0.251 e. The number of anilines is 1. The van der Waals surface area contributed by atoms with Crippen LogP contribution in [0.2, 0.25) is 0 Å². The normalized spacial score (nSPS) is 17.3. The molecule has 2 fully saturated rings. The number of likely N-dealkylation sites (tertiary alicyclic amines) is 1. The van der Waals surface area contributed by atoms with Gasteiger partial charge >= 0.3 is 0 Å². The summed E-state index contributed by atoms with van der Waals surface area (Å²) in [6, 6.07) is 17.4. The lowest BCUT2D eigenvalue weighted by Crippen LogP contribution is -2.43. The standard InChI is InChI=1S/C24H27N3O3/c28-22-7-4-14-27(22)21-10-8-20(9-11-21)24(30)25-17-23(29)26-15-12-19(13-16-26)18-5-2-1-3-6-18/h1-3,5-6,8-11,19H,4,7,12-17H2,(H,25,30). The van der Waals surface area contributed by atoms with Crippen LogP contribution in [0, 0.1) is 0 Å². The lowest BCUT2D eigenvalue weighted by atomic mass is 9.89. The van der Waals surface area contributed by atoms with Crippen molar-refractivity contribution in [2.24, 2.45) is 0 Å². The van der Waals surface area contributed by atoms with Crippen molar-refractivity contribution < 1.29 is 14.4 Å². The third-order valence-electron chi connectivity index (χ3n) is 6.03. The molecule has 156 valence electrons. The first kappa shape index (κ1) is 20.1. The van der Waals surface area contributed by atoms with Crippen LogP contribution in [0.1, 0.15) is 47.5 Å². The number of rotatable bonds is 5. The van der Waals surface area contributed by atoms with Crippen molar-refractivity contribution in [3.05, 3.63) is 65.7 Å².